The lowest BCUT2D eigenvalue weighted by molar-refractivity contribution is 0.0955. The van der Waals surface area contributed by atoms with E-state index in [1.54, 1.807) is 30.3 Å². The predicted octanol–water partition coefficient (Wildman–Crippen LogP) is 1.91. The second-order valence-electron chi connectivity index (χ2n) is 5.22. The number of carbonyl (C=O) groups is 3. The summed E-state index contributed by atoms with van der Waals surface area (Å²) in [6, 6.07) is 9.75. The first-order valence-corrected chi connectivity index (χ1v) is 8.40. The standard InChI is InChI=1S/C18H15NO4S/c1-19-18(23)13-7-6-12-14(17(13)24-9-8-20)16(22)11-5-3-2-4-10(11)15(12)21/h2-7,20H,8-9H2,1H3,(H,19,23). The molecule has 1 aliphatic carbocycles. The van der Waals surface area contributed by atoms with E-state index in [1.165, 1.54) is 24.9 Å². The molecule has 0 fully saturated rings. The van der Waals surface area contributed by atoms with Gasteiger partial charge >= 0.3 is 0 Å². The number of thioether (sulfide) groups is 1. The molecule has 6 heteroatoms. The number of fused-ring (bicyclic) bond motifs is 2. The van der Waals surface area contributed by atoms with Crippen molar-refractivity contribution in [3.05, 3.63) is 64.2 Å². The minimum absolute atomic E-state index is 0.0970. The molecule has 0 radical (unpaired) electrons. The molecule has 0 heterocycles. The maximum Gasteiger partial charge on any atom is 0.252 e. The molecule has 3 rings (SSSR count). The smallest absolute Gasteiger partial charge is 0.252 e. The molecule has 0 saturated heterocycles. The topological polar surface area (TPSA) is 83.5 Å². The van der Waals surface area contributed by atoms with Crippen LogP contribution in [0.4, 0.5) is 0 Å². The zero-order chi connectivity index (χ0) is 17.3. The van der Waals surface area contributed by atoms with Crippen LogP contribution in [-0.4, -0.2) is 42.0 Å². The molecular formula is C18H15NO4S. The van der Waals surface area contributed by atoms with Crippen LogP contribution in [0.25, 0.3) is 0 Å². The van der Waals surface area contributed by atoms with Gasteiger partial charge in [0.1, 0.15) is 0 Å². The van der Waals surface area contributed by atoms with Crippen molar-refractivity contribution in [1.29, 1.82) is 0 Å². The van der Waals surface area contributed by atoms with E-state index in [0.717, 1.165) is 0 Å². The molecule has 2 N–H and O–H groups in total. The molecule has 0 unspecified atom stereocenters. The Morgan fingerprint density at radius 3 is 2.33 bits per heavy atom. The molecule has 0 aromatic heterocycles. The average Bonchev–Trinajstić information content (AvgIpc) is 2.63. The third-order valence-corrected chi connectivity index (χ3v) is 4.95. The number of aliphatic hydroxyl groups excluding tert-OH is 1. The Morgan fingerprint density at radius 1 is 1.04 bits per heavy atom. The molecule has 2 aromatic carbocycles. The second kappa shape index (κ2) is 6.59. The van der Waals surface area contributed by atoms with Gasteiger partial charge in [0.25, 0.3) is 5.91 Å². The van der Waals surface area contributed by atoms with Crippen molar-refractivity contribution < 1.29 is 19.5 Å². The van der Waals surface area contributed by atoms with Crippen molar-refractivity contribution in [2.45, 2.75) is 4.90 Å². The molecule has 2 aromatic rings. The van der Waals surface area contributed by atoms with Gasteiger partial charge in [0.05, 0.1) is 12.2 Å². The first-order valence-electron chi connectivity index (χ1n) is 7.41. The van der Waals surface area contributed by atoms with Crippen molar-refractivity contribution in [3.63, 3.8) is 0 Å². The molecule has 0 saturated carbocycles. The van der Waals surface area contributed by atoms with E-state index in [4.69, 9.17) is 5.11 Å². The van der Waals surface area contributed by atoms with Crippen LogP contribution in [0.2, 0.25) is 0 Å². The summed E-state index contributed by atoms with van der Waals surface area (Å²) in [6.07, 6.45) is 0. The molecule has 5 nitrogen and oxygen atoms in total. The SMILES string of the molecule is CNC(=O)c1ccc2c(c1SCCO)C(=O)c1ccccc1C2=O. The summed E-state index contributed by atoms with van der Waals surface area (Å²) in [5, 5.41) is 11.7. The van der Waals surface area contributed by atoms with Gasteiger partial charge in [-0.1, -0.05) is 24.3 Å². The predicted molar refractivity (Wildman–Crippen MR) is 90.9 cm³/mol. The summed E-state index contributed by atoms with van der Waals surface area (Å²) >= 11 is 1.20. The third kappa shape index (κ3) is 2.53. The van der Waals surface area contributed by atoms with Crippen LogP contribution >= 0.6 is 11.8 Å². The van der Waals surface area contributed by atoms with Gasteiger partial charge in [-0.15, -0.1) is 11.8 Å². The lowest BCUT2D eigenvalue weighted by Gasteiger charge is -2.21. The molecule has 0 bridgehead atoms. The molecule has 122 valence electrons. The van der Waals surface area contributed by atoms with Crippen LogP contribution < -0.4 is 5.32 Å². The maximum absolute atomic E-state index is 12.9. The highest BCUT2D eigenvalue weighted by molar-refractivity contribution is 7.99. The lowest BCUT2D eigenvalue weighted by atomic mass is 9.83. The second-order valence-corrected chi connectivity index (χ2v) is 6.33. The fourth-order valence-electron chi connectivity index (χ4n) is 2.77. The van der Waals surface area contributed by atoms with Gasteiger partial charge in [-0.05, 0) is 12.1 Å². The highest BCUT2D eigenvalue weighted by Crippen LogP contribution is 2.36. The molecule has 0 atom stereocenters. The highest BCUT2D eigenvalue weighted by atomic mass is 32.2. The molecule has 24 heavy (non-hydrogen) atoms. The van der Waals surface area contributed by atoms with E-state index in [2.05, 4.69) is 5.32 Å². The fraction of sp³-hybridized carbons (Fsp3) is 0.167. The number of benzene rings is 2. The Kier molecular flexibility index (Phi) is 4.51. The Hall–Kier alpha value is -2.44. The Balaban J connectivity index is 2.26. The van der Waals surface area contributed by atoms with Gasteiger partial charge in [-0.25, -0.2) is 0 Å². The van der Waals surface area contributed by atoms with Gasteiger partial charge in [0, 0.05) is 39.9 Å². The van der Waals surface area contributed by atoms with Crippen LogP contribution in [0.15, 0.2) is 41.3 Å². The summed E-state index contributed by atoms with van der Waals surface area (Å²) in [4.78, 5) is 38.2. The number of amides is 1. The van der Waals surface area contributed by atoms with Crippen molar-refractivity contribution in [2.24, 2.45) is 0 Å². The summed E-state index contributed by atoms with van der Waals surface area (Å²) < 4.78 is 0. The number of carbonyl (C=O) groups excluding carboxylic acids is 3. The number of rotatable bonds is 4. The number of ketones is 2. The monoisotopic (exact) mass is 341 g/mol. The fourth-order valence-corrected chi connectivity index (χ4v) is 3.73. The van der Waals surface area contributed by atoms with Crippen molar-refractivity contribution >= 4 is 29.2 Å². The van der Waals surface area contributed by atoms with Crippen LogP contribution in [0.3, 0.4) is 0 Å². The van der Waals surface area contributed by atoms with Gasteiger partial charge in [-0.2, -0.15) is 0 Å². The Morgan fingerprint density at radius 2 is 1.71 bits per heavy atom. The van der Waals surface area contributed by atoms with Crippen LogP contribution in [0.1, 0.15) is 42.2 Å². The van der Waals surface area contributed by atoms with Crippen molar-refractivity contribution in [2.75, 3.05) is 19.4 Å². The van der Waals surface area contributed by atoms with E-state index in [9.17, 15) is 14.4 Å². The molecule has 1 amide bonds. The Bertz CT molecular complexity index is 860. The molecule has 1 aliphatic rings. The van der Waals surface area contributed by atoms with Gasteiger partial charge in [0.15, 0.2) is 11.6 Å². The zero-order valence-electron chi connectivity index (χ0n) is 13.0. The quantitative estimate of drug-likeness (QED) is 0.708. The Labute approximate surface area is 143 Å². The molecule has 0 aliphatic heterocycles. The first kappa shape index (κ1) is 16.4. The normalized spacial score (nSPS) is 12.6. The van der Waals surface area contributed by atoms with E-state index < -0.39 is 0 Å². The van der Waals surface area contributed by atoms with Crippen LogP contribution in [0.5, 0.6) is 0 Å². The largest absolute Gasteiger partial charge is 0.396 e. The number of hydrogen-bond donors (Lipinski definition) is 2. The van der Waals surface area contributed by atoms with Gasteiger partial charge in [0.2, 0.25) is 0 Å². The third-order valence-electron chi connectivity index (χ3n) is 3.86. The van der Waals surface area contributed by atoms with E-state index in [0.29, 0.717) is 32.9 Å². The van der Waals surface area contributed by atoms with Crippen LogP contribution in [0, 0.1) is 0 Å². The summed E-state index contributed by atoms with van der Waals surface area (Å²) in [5.74, 6) is -0.512. The number of aliphatic hydroxyl groups is 1. The summed E-state index contributed by atoms with van der Waals surface area (Å²) in [5.41, 5.74) is 1.59. The van der Waals surface area contributed by atoms with E-state index >= 15 is 0 Å². The van der Waals surface area contributed by atoms with Crippen LogP contribution in [-0.2, 0) is 0 Å². The maximum atomic E-state index is 12.9. The minimum Gasteiger partial charge on any atom is -0.396 e. The molecular weight excluding hydrogens is 326 g/mol. The van der Waals surface area contributed by atoms with Gasteiger partial charge in [-0.3, -0.25) is 14.4 Å². The van der Waals surface area contributed by atoms with Crippen molar-refractivity contribution in [3.8, 4) is 0 Å². The van der Waals surface area contributed by atoms with Crippen molar-refractivity contribution in [1.82, 2.24) is 5.32 Å². The van der Waals surface area contributed by atoms with Gasteiger partial charge < -0.3 is 10.4 Å². The summed E-state index contributed by atoms with van der Waals surface area (Å²) in [6.45, 7) is -0.0970. The number of hydrogen-bond acceptors (Lipinski definition) is 5. The summed E-state index contributed by atoms with van der Waals surface area (Å²) in [7, 11) is 1.50. The average molecular weight is 341 g/mol. The highest BCUT2D eigenvalue weighted by Gasteiger charge is 2.33. The first-order chi connectivity index (χ1) is 11.6. The van der Waals surface area contributed by atoms with E-state index in [-0.39, 0.29) is 29.6 Å². The zero-order valence-corrected chi connectivity index (χ0v) is 13.8. The lowest BCUT2D eigenvalue weighted by Crippen LogP contribution is -2.25. The minimum atomic E-state index is -0.336. The molecule has 0 spiro atoms. The van der Waals surface area contributed by atoms with E-state index in [1.807, 2.05) is 0 Å². The number of nitrogens with one attached hydrogen (secondary N) is 1.